The van der Waals surface area contributed by atoms with E-state index in [2.05, 4.69) is 4.98 Å². The Morgan fingerprint density at radius 2 is 2.43 bits per heavy atom. The number of ether oxygens (including phenoxy) is 1. The highest BCUT2D eigenvalue weighted by molar-refractivity contribution is 5.92. The van der Waals surface area contributed by atoms with Gasteiger partial charge in [0.1, 0.15) is 0 Å². The number of hydrogen-bond donors (Lipinski definition) is 0. The molecule has 1 aromatic heterocycles. The van der Waals surface area contributed by atoms with Crippen molar-refractivity contribution in [2.75, 3.05) is 6.61 Å². The molecule has 0 aromatic carbocycles. The van der Waals surface area contributed by atoms with Crippen LogP contribution in [0, 0.1) is 0 Å². The predicted molar refractivity (Wildman–Crippen MR) is 54.5 cm³/mol. The maximum Gasteiger partial charge on any atom is 0.333 e. The van der Waals surface area contributed by atoms with Crippen LogP contribution >= 0.6 is 0 Å². The second-order valence-electron chi connectivity index (χ2n) is 2.83. The SMILES string of the molecule is CCOC(=O)C(C)=Cc1cccnc1. The summed E-state index contributed by atoms with van der Waals surface area (Å²) < 4.78 is 4.85. The summed E-state index contributed by atoms with van der Waals surface area (Å²) in [5.74, 6) is -0.281. The predicted octanol–water partition coefficient (Wildman–Crippen LogP) is 2.05. The second-order valence-corrected chi connectivity index (χ2v) is 2.83. The highest BCUT2D eigenvalue weighted by Crippen LogP contribution is 2.05. The summed E-state index contributed by atoms with van der Waals surface area (Å²) in [7, 11) is 0. The van der Waals surface area contributed by atoms with Gasteiger partial charge in [-0.25, -0.2) is 4.79 Å². The molecule has 0 amide bonds. The van der Waals surface area contributed by atoms with Crippen LogP contribution in [0.15, 0.2) is 30.1 Å². The van der Waals surface area contributed by atoms with Gasteiger partial charge in [-0.3, -0.25) is 4.98 Å². The van der Waals surface area contributed by atoms with Gasteiger partial charge in [0, 0.05) is 18.0 Å². The fourth-order valence-electron chi connectivity index (χ4n) is 1.02. The zero-order valence-corrected chi connectivity index (χ0v) is 8.36. The summed E-state index contributed by atoms with van der Waals surface area (Å²) >= 11 is 0. The van der Waals surface area contributed by atoms with E-state index in [1.807, 2.05) is 12.1 Å². The molecule has 3 heteroatoms. The Kier molecular flexibility index (Phi) is 3.85. The van der Waals surface area contributed by atoms with Crippen molar-refractivity contribution < 1.29 is 9.53 Å². The van der Waals surface area contributed by atoms with Gasteiger partial charge in [-0.05, 0) is 31.6 Å². The number of hydrogen-bond acceptors (Lipinski definition) is 3. The summed E-state index contributed by atoms with van der Waals surface area (Å²) in [4.78, 5) is 15.2. The molecule has 0 fully saturated rings. The van der Waals surface area contributed by atoms with Crippen LogP contribution in [0.5, 0.6) is 0 Å². The molecule has 0 spiro atoms. The van der Waals surface area contributed by atoms with Crippen LogP contribution in [-0.2, 0) is 9.53 Å². The molecule has 3 nitrogen and oxygen atoms in total. The first-order chi connectivity index (χ1) is 6.74. The molecule has 0 aliphatic heterocycles. The second kappa shape index (κ2) is 5.17. The van der Waals surface area contributed by atoms with Crippen molar-refractivity contribution in [3.63, 3.8) is 0 Å². The van der Waals surface area contributed by atoms with E-state index in [0.717, 1.165) is 5.56 Å². The minimum absolute atomic E-state index is 0.281. The molecule has 0 aliphatic rings. The molecule has 1 heterocycles. The number of carbonyl (C=O) groups is 1. The maximum absolute atomic E-state index is 11.2. The molecule has 0 atom stereocenters. The highest BCUT2D eigenvalue weighted by Gasteiger charge is 2.03. The molecule has 0 saturated heterocycles. The van der Waals surface area contributed by atoms with E-state index in [0.29, 0.717) is 12.2 Å². The van der Waals surface area contributed by atoms with Crippen LogP contribution in [0.2, 0.25) is 0 Å². The molecule has 0 radical (unpaired) electrons. The third-order valence-corrected chi connectivity index (χ3v) is 1.66. The van der Waals surface area contributed by atoms with Gasteiger partial charge >= 0.3 is 5.97 Å². The largest absolute Gasteiger partial charge is 0.463 e. The van der Waals surface area contributed by atoms with E-state index in [1.54, 1.807) is 32.3 Å². The lowest BCUT2D eigenvalue weighted by Gasteiger charge is -2.00. The first kappa shape index (κ1) is 10.4. The Balaban J connectivity index is 2.74. The number of esters is 1. The number of nitrogens with zero attached hydrogens (tertiary/aromatic N) is 1. The van der Waals surface area contributed by atoms with Crippen LogP contribution in [0.25, 0.3) is 6.08 Å². The first-order valence-corrected chi connectivity index (χ1v) is 4.49. The van der Waals surface area contributed by atoms with Crippen molar-refractivity contribution in [3.8, 4) is 0 Å². The molecule has 0 saturated carbocycles. The standard InChI is InChI=1S/C11H13NO2/c1-3-14-11(13)9(2)7-10-5-4-6-12-8-10/h4-8H,3H2,1-2H3. The molecule has 1 rings (SSSR count). The van der Waals surface area contributed by atoms with Gasteiger partial charge in [0.05, 0.1) is 6.61 Å². The quantitative estimate of drug-likeness (QED) is 0.542. The number of carbonyl (C=O) groups excluding carboxylic acids is 1. The number of pyridine rings is 1. The van der Waals surface area contributed by atoms with Gasteiger partial charge in [0.2, 0.25) is 0 Å². The van der Waals surface area contributed by atoms with Crippen molar-refractivity contribution in [1.29, 1.82) is 0 Å². The average Bonchev–Trinajstić information content (AvgIpc) is 2.19. The number of rotatable bonds is 3. The zero-order valence-electron chi connectivity index (χ0n) is 8.36. The fourth-order valence-corrected chi connectivity index (χ4v) is 1.02. The molecule has 0 unspecified atom stereocenters. The van der Waals surface area contributed by atoms with Crippen LogP contribution in [0.1, 0.15) is 19.4 Å². The van der Waals surface area contributed by atoms with Gasteiger partial charge in [-0.1, -0.05) is 6.07 Å². The van der Waals surface area contributed by atoms with Crippen LogP contribution in [-0.4, -0.2) is 17.6 Å². The monoisotopic (exact) mass is 191 g/mol. The maximum atomic E-state index is 11.2. The normalized spacial score (nSPS) is 11.1. The summed E-state index contributed by atoms with van der Waals surface area (Å²) in [6.07, 6.45) is 5.14. The van der Waals surface area contributed by atoms with Crippen LogP contribution < -0.4 is 0 Å². The van der Waals surface area contributed by atoms with Gasteiger partial charge in [-0.15, -0.1) is 0 Å². The van der Waals surface area contributed by atoms with Gasteiger partial charge < -0.3 is 4.74 Å². The van der Waals surface area contributed by atoms with Crippen molar-refractivity contribution in [2.45, 2.75) is 13.8 Å². The smallest absolute Gasteiger partial charge is 0.333 e. The highest BCUT2D eigenvalue weighted by atomic mass is 16.5. The lowest BCUT2D eigenvalue weighted by molar-refractivity contribution is -0.138. The van der Waals surface area contributed by atoms with E-state index in [1.165, 1.54) is 0 Å². The number of aromatic nitrogens is 1. The van der Waals surface area contributed by atoms with Gasteiger partial charge in [0.15, 0.2) is 0 Å². The summed E-state index contributed by atoms with van der Waals surface area (Å²) in [5, 5.41) is 0. The van der Waals surface area contributed by atoms with E-state index in [9.17, 15) is 4.79 Å². The lowest BCUT2D eigenvalue weighted by Crippen LogP contribution is -2.04. The molecular weight excluding hydrogens is 178 g/mol. The van der Waals surface area contributed by atoms with Crippen LogP contribution in [0.3, 0.4) is 0 Å². The summed E-state index contributed by atoms with van der Waals surface area (Å²) in [5.41, 5.74) is 1.48. The lowest BCUT2D eigenvalue weighted by atomic mass is 10.2. The minimum Gasteiger partial charge on any atom is -0.463 e. The Bertz CT molecular complexity index is 330. The first-order valence-electron chi connectivity index (χ1n) is 4.49. The topological polar surface area (TPSA) is 39.2 Å². The van der Waals surface area contributed by atoms with Crippen molar-refractivity contribution in [1.82, 2.24) is 4.98 Å². The van der Waals surface area contributed by atoms with Crippen molar-refractivity contribution in [2.24, 2.45) is 0 Å². The Morgan fingerprint density at radius 3 is 3.00 bits per heavy atom. The van der Waals surface area contributed by atoms with E-state index < -0.39 is 0 Å². The molecule has 0 N–H and O–H groups in total. The Hall–Kier alpha value is -1.64. The van der Waals surface area contributed by atoms with E-state index in [4.69, 9.17) is 4.74 Å². The summed E-state index contributed by atoms with van der Waals surface area (Å²) in [6, 6.07) is 3.71. The third-order valence-electron chi connectivity index (χ3n) is 1.66. The molecule has 1 aromatic rings. The summed E-state index contributed by atoms with van der Waals surface area (Å²) in [6.45, 7) is 3.91. The molecule has 0 bridgehead atoms. The molecular formula is C11H13NO2. The third kappa shape index (κ3) is 3.01. The Morgan fingerprint density at radius 1 is 1.64 bits per heavy atom. The Labute approximate surface area is 83.4 Å². The molecule has 74 valence electrons. The van der Waals surface area contributed by atoms with E-state index >= 15 is 0 Å². The zero-order chi connectivity index (χ0) is 10.4. The molecule has 14 heavy (non-hydrogen) atoms. The van der Waals surface area contributed by atoms with Crippen LogP contribution in [0.4, 0.5) is 0 Å². The van der Waals surface area contributed by atoms with Crippen molar-refractivity contribution >= 4 is 12.0 Å². The minimum atomic E-state index is -0.281. The average molecular weight is 191 g/mol. The van der Waals surface area contributed by atoms with Crippen molar-refractivity contribution in [3.05, 3.63) is 35.7 Å². The van der Waals surface area contributed by atoms with Gasteiger partial charge in [0.25, 0.3) is 0 Å². The molecule has 0 aliphatic carbocycles. The fraction of sp³-hybridized carbons (Fsp3) is 0.273. The van der Waals surface area contributed by atoms with Gasteiger partial charge in [-0.2, -0.15) is 0 Å². The van der Waals surface area contributed by atoms with E-state index in [-0.39, 0.29) is 5.97 Å².